The first-order valence-corrected chi connectivity index (χ1v) is 9.32. The molecule has 2 N–H and O–H groups in total. The molecule has 0 unspecified atom stereocenters. The van der Waals surface area contributed by atoms with Crippen molar-refractivity contribution < 1.29 is 13.2 Å². The molecular formula is C12H14ClIN2O3S. The Morgan fingerprint density at radius 3 is 2.80 bits per heavy atom. The molecule has 0 saturated carbocycles. The summed E-state index contributed by atoms with van der Waals surface area (Å²) >= 11 is 8.19. The highest BCUT2D eigenvalue weighted by Crippen LogP contribution is 2.23. The Bertz CT molecular complexity index is 621. The van der Waals surface area contributed by atoms with Gasteiger partial charge in [-0.05, 0) is 47.2 Å². The molecule has 1 aliphatic rings. The third kappa shape index (κ3) is 4.49. The summed E-state index contributed by atoms with van der Waals surface area (Å²) in [6.45, 7) is 0.0663. The summed E-state index contributed by atoms with van der Waals surface area (Å²) in [5.41, 5.74) is 0.682. The predicted molar refractivity (Wildman–Crippen MR) is 87.9 cm³/mol. The normalized spacial score (nSPS) is 20.6. The molecule has 20 heavy (non-hydrogen) atoms. The van der Waals surface area contributed by atoms with Gasteiger partial charge in [0.25, 0.3) is 0 Å². The zero-order valence-electron chi connectivity index (χ0n) is 10.5. The standard InChI is InChI=1S/C12H14ClIN2O3S/c13-10-5-8(14)1-2-11(10)15-6-12(17)16-9-3-4-20(18,19)7-9/h1-2,5,9,15H,3-4,6-7H2,(H,16,17)/t9-/m1/s1. The molecule has 1 atom stereocenters. The molecule has 1 aliphatic heterocycles. The second-order valence-electron chi connectivity index (χ2n) is 4.65. The van der Waals surface area contributed by atoms with Gasteiger partial charge < -0.3 is 10.6 Å². The van der Waals surface area contributed by atoms with Gasteiger partial charge in [0.1, 0.15) is 0 Å². The predicted octanol–water partition coefficient (Wildman–Crippen LogP) is 1.66. The number of amides is 1. The first-order valence-electron chi connectivity index (χ1n) is 6.04. The van der Waals surface area contributed by atoms with Crippen LogP contribution >= 0.6 is 34.2 Å². The molecule has 0 aliphatic carbocycles. The summed E-state index contributed by atoms with van der Waals surface area (Å²) in [6, 6.07) is 5.21. The van der Waals surface area contributed by atoms with E-state index in [1.54, 1.807) is 12.1 Å². The smallest absolute Gasteiger partial charge is 0.239 e. The summed E-state index contributed by atoms with van der Waals surface area (Å²) in [5.74, 6) is -0.0566. The minimum atomic E-state index is -2.98. The van der Waals surface area contributed by atoms with Gasteiger partial charge in [-0.2, -0.15) is 0 Å². The van der Waals surface area contributed by atoms with Crippen LogP contribution < -0.4 is 10.6 Å². The van der Waals surface area contributed by atoms with Gasteiger partial charge in [-0.15, -0.1) is 0 Å². The van der Waals surface area contributed by atoms with Gasteiger partial charge in [0.15, 0.2) is 9.84 Å². The van der Waals surface area contributed by atoms with Gasteiger partial charge in [-0.25, -0.2) is 8.42 Å². The largest absolute Gasteiger partial charge is 0.375 e. The molecular weight excluding hydrogens is 415 g/mol. The van der Waals surface area contributed by atoms with Crippen molar-refractivity contribution in [2.75, 3.05) is 23.4 Å². The van der Waals surface area contributed by atoms with E-state index in [2.05, 4.69) is 33.2 Å². The summed E-state index contributed by atoms with van der Waals surface area (Å²) in [7, 11) is -2.98. The van der Waals surface area contributed by atoms with Crippen molar-refractivity contribution in [1.29, 1.82) is 0 Å². The molecule has 0 radical (unpaired) electrons. The van der Waals surface area contributed by atoms with E-state index in [0.717, 1.165) is 3.57 Å². The van der Waals surface area contributed by atoms with Crippen LogP contribution in [0.15, 0.2) is 18.2 Å². The Hall–Kier alpha value is -0.540. The van der Waals surface area contributed by atoms with Crippen molar-refractivity contribution in [3.8, 4) is 0 Å². The number of carbonyl (C=O) groups is 1. The number of anilines is 1. The van der Waals surface area contributed by atoms with Crippen LogP contribution in [0.2, 0.25) is 5.02 Å². The van der Waals surface area contributed by atoms with E-state index in [1.165, 1.54) is 0 Å². The molecule has 1 heterocycles. The molecule has 1 saturated heterocycles. The summed E-state index contributed by atoms with van der Waals surface area (Å²) in [6.07, 6.45) is 0.484. The lowest BCUT2D eigenvalue weighted by atomic mass is 10.2. The highest BCUT2D eigenvalue weighted by molar-refractivity contribution is 14.1. The molecule has 5 nitrogen and oxygen atoms in total. The SMILES string of the molecule is O=C(CNc1ccc(I)cc1Cl)N[C@@H]1CCS(=O)(=O)C1. The molecule has 1 fully saturated rings. The average Bonchev–Trinajstić information content (AvgIpc) is 2.67. The fraction of sp³-hybridized carbons (Fsp3) is 0.417. The van der Waals surface area contributed by atoms with E-state index >= 15 is 0 Å². The number of rotatable bonds is 4. The molecule has 0 bridgehead atoms. The lowest BCUT2D eigenvalue weighted by Gasteiger charge is -2.12. The minimum absolute atomic E-state index is 0.0308. The van der Waals surface area contributed by atoms with Crippen LogP contribution in [0.1, 0.15) is 6.42 Å². The first-order chi connectivity index (χ1) is 9.35. The van der Waals surface area contributed by atoms with Crippen LogP contribution in [0.3, 0.4) is 0 Å². The lowest BCUT2D eigenvalue weighted by Crippen LogP contribution is -2.39. The molecule has 1 aromatic carbocycles. The summed E-state index contributed by atoms with van der Waals surface area (Å²) in [4.78, 5) is 11.7. The van der Waals surface area contributed by atoms with Crippen LogP contribution in [-0.2, 0) is 14.6 Å². The number of carbonyl (C=O) groups excluding carboxylic acids is 1. The van der Waals surface area contributed by atoms with Crippen LogP contribution in [0, 0.1) is 3.57 Å². The van der Waals surface area contributed by atoms with E-state index < -0.39 is 9.84 Å². The number of halogens is 2. The Balaban J connectivity index is 1.84. The van der Waals surface area contributed by atoms with Crippen molar-refractivity contribution in [1.82, 2.24) is 5.32 Å². The first kappa shape index (κ1) is 15.8. The quantitative estimate of drug-likeness (QED) is 0.715. The Morgan fingerprint density at radius 1 is 1.45 bits per heavy atom. The average molecular weight is 429 g/mol. The zero-order valence-corrected chi connectivity index (χ0v) is 14.3. The third-order valence-electron chi connectivity index (χ3n) is 2.97. The Labute approximate surface area is 136 Å². The maximum absolute atomic E-state index is 11.7. The summed E-state index contributed by atoms with van der Waals surface area (Å²) in [5, 5.41) is 6.20. The fourth-order valence-corrected chi connectivity index (χ4v) is 4.59. The third-order valence-corrected chi connectivity index (χ3v) is 5.72. The second-order valence-corrected chi connectivity index (χ2v) is 8.53. The van der Waals surface area contributed by atoms with Gasteiger partial charge in [-0.3, -0.25) is 4.79 Å². The van der Waals surface area contributed by atoms with Gasteiger partial charge in [-0.1, -0.05) is 11.6 Å². The number of hydrogen-bond acceptors (Lipinski definition) is 4. The highest BCUT2D eigenvalue weighted by Gasteiger charge is 2.28. The topological polar surface area (TPSA) is 75.3 Å². The molecule has 0 aromatic heterocycles. The van der Waals surface area contributed by atoms with Crippen molar-refractivity contribution in [2.45, 2.75) is 12.5 Å². The van der Waals surface area contributed by atoms with E-state index in [-0.39, 0.29) is 30.0 Å². The van der Waals surface area contributed by atoms with Crippen molar-refractivity contribution in [3.63, 3.8) is 0 Å². The highest BCUT2D eigenvalue weighted by atomic mass is 127. The second kappa shape index (κ2) is 6.48. The van der Waals surface area contributed by atoms with Gasteiger partial charge in [0.2, 0.25) is 5.91 Å². The maximum Gasteiger partial charge on any atom is 0.239 e. The molecule has 8 heteroatoms. The number of sulfone groups is 1. The molecule has 1 amide bonds. The fourth-order valence-electron chi connectivity index (χ4n) is 2.00. The maximum atomic E-state index is 11.7. The van der Waals surface area contributed by atoms with Crippen LogP contribution in [-0.4, -0.2) is 38.4 Å². The Kier molecular flexibility index (Phi) is 5.14. The van der Waals surface area contributed by atoms with E-state index in [0.29, 0.717) is 17.1 Å². The molecule has 2 rings (SSSR count). The summed E-state index contributed by atoms with van der Waals surface area (Å²) < 4.78 is 23.6. The van der Waals surface area contributed by atoms with Crippen LogP contribution in [0.25, 0.3) is 0 Å². The molecule has 0 spiro atoms. The van der Waals surface area contributed by atoms with Gasteiger partial charge in [0, 0.05) is 9.61 Å². The minimum Gasteiger partial charge on any atom is -0.375 e. The van der Waals surface area contributed by atoms with Crippen LogP contribution in [0.5, 0.6) is 0 Å². The van der Waals surface area contributed by atoms with Gasteiger partial charge >= 0.3 is 0 Å². The zero-order chi connectivity index (χ0) is 14.8. The van der Waals surface area contributed by atoms with Crippen molar-refractivity contribution in [2.24, 2.45) is 0 Å². The molecule has 1 aromatic rings. The molecule has 110 valence electrons. The lowest BCUT2D eigenvalue weighted by molar-refractivity contribution is -0.119. The number of nitrogens with one attached hydrogen (secondary N) is 2. The Morgan fingerprint density at radius 2 is 2.20 bits per heavy atom. The van der Waals surface area contributed by atoms with Gasteiger partial charge in [0.05, 0.1) is 28.8 Å². The van der Waals surface area contributed by atoms with E-state index in [1.807, 2.05) is 6.07 Å². The number of hydrogen-bond donors (Lipinski definition) is 2. The van der Waals surface area contributed by atoms with Crippen LogP contribution in [0.4, 0.5) is 5.69 Å². The van der Waals surface area contributed by atoms with E-state index in [9.17, 15) is 13.2 Å². The number of benzene rings is 1. The monoisotopic (exact) mass is 428 g/mol. The van der Waals surface area contributed by atoms with Crippen molar-refractivity contribution in [3.05, 3.63) is 26.8 Å². The van der Waals surface area contributed by atoms with Crippen molar-refractivity contribution >= 4 is 55.6 Å². The van der Waals surface area contributed by atoms with E-state index in [4.69, 9.17) is 11.6 Å².